The van der Waals surface area contributed by atoms with E-state index >= 15 is 0 Å². The molecule has 0 saturated carbocycles. The molecule has 18 N–H and O–H groups in total. The average Bonchev–Trinajstić information content (AvgIpc) is 0.784. The number of hydrogen-bond acceptors (Lipinski definition) is 28. The van der Waals surface area contributed by atoms with Crippen molar-refractivity contribution in [3.63, 3.8) is 0 Å². The Morgan fingerprint density at radius 3 is 1.19 bits per heavy atom. The van der Waals surface area contributed by atoms with Crippen LogP contribution in [0.2, 0.25) is 0 Å². The van der Waals surface area contributed by atoms with Gasteiger partial charge in [-0.05, 0) is 19.3 Å². The molecular weight excluding hydrogens is 1330 g/mol. The molecule has 0 radical (unpaired) electrons. The monoisotopic (exact) mass is 1460 g/mol. The molecule has 0 bridgehead atoms. The highest BCUT2D eigenvalue weighted by atomic mass is 16.8. The van der Waals surface area contributed by atoms with Gasteiger partial charge in [0.15, 0.2) is 31.5 Å². The van der Waals surface area contributed by atoms with Crippen LogP contribution < -0.4 is 16.0 Å². The van der Waals surface area contributed by atoms with Gasteiger partial charge in [0.25, 0.3) is 0 Å². The number of aliphatic hydroxyl groups excluding tert-OH is 15. The van der Waals surface area contributed by atoms with Gasteiger partial charge in [-0.3, -0.25) is 14.4 Å². The molecule has 5 heterocycles. The Hall–Kier alpha value is -2.85. The van der Waals surface area contributed by atoms with Gasteiger partial charge in [-0.25, -0.2) is 0 Å². The van der Waals surface area contributed by atoms with Crippen molar-refractivity contribution in [3.8, 4) is 0 Å². The number of carbonyl (C=O) groups is 3. The third-order valence-corrected chi connectivity index (χ3v) is 19.6. The molecule has 3 amide bonds. The lowest BCUT2D eigenvalue weighted by Gasteiger charge is -2.51. The molecule has 5 saturated heterocycles. The maximum Gasteiger partial charge on any atom is 0.220 e. The summed E-state index contributed by atoms with van der Waals surface area (Å²) in [5, 5.41) is 175. The van der Waals surface area contributed by atoms with Crippen LogP contribution in [0.4, 0.5) is 0 Å². The molecule has 5 aliphatic heterocycles. The van der Waals surface area contributed by atoms with E-state index in [1.54, 1.807) is 6.08 Å². The quantitative estimate of drug-likeness (QED) is 0.0276. The molecular formula is C70H127N3O28. The summed E-state index contributed by atoms with van der Waals surface area (Å²) in [6.45, 7) is 1.18. The molecule has 31 nitrogen and oxygen atoms in total. The van der Waals surface area contributed by atoms with Crippen LogP contribution in [0.25, 0.3) is 0 Å². The number of amides is 3. The molecule has 27 atom stereocenters. The fourth-order valence-electron chi connectivity index (χ4n) is 13.6. The van der Waals surface area contributed by atoms with Crippen LogP contribution in [0.5, 0.6) is 0 Å². The van der Waals surface area contributed by atoms with E-state index in [0.717, 1.165) is 65.2 Å². The lowest BCUT2D eigenvalue weighted by Crippen LogP contribution is -2.70. The van der Waals surface area contributed by atoms with Crippen molar-refractivity contribution in [1.82, 2.24) is 16.0 Å². The molecule has 101 heavy (non-hydrogen) atoms. The number of allylic oxidation sites excluding steroid dienone is 1. The van der Waals surface area contributed by atoms with Crippen molar-refractivity contribution in [2.75, 3.05) is 39.6 Å². The third-order valence-electron chi connectivity index (χ3n) is 19.6. The minimum absolute atomic E-state index is 0.169. The SMILES string of the molecule is CCCCCCCCCCCCC/C=C/[C@@H](O)[C@H](CO[C@@H]1OC(CO)[C@@H](O[C@@H]2OC(CO)[C@H](O[C@@H]3OC(CO)[C@H](O)[C@H](O)C3NC(C)=O)[C@H](O[C@H]3OC(CO)[C@H](O)[C@H](O[C@@H]4OC(CO)[C@@H](O)[C@H](O)C4NC(C)=O)C3O)C2O)[C@H](O)C1O)NC(=O)CCCCCCCCCCCCCCCCC. The summed E-state index contributed by atoms with van der Waals surface area (Å²) in [5.74, 6) is -1.89. The van der Waals surface area contributed by atoms with Gasteiger partial charge in [-0.15, -0.1) is 0 Å². The molecule has 0 aromatic heterocycles. The minimum Gasteiger partial charge on any atom is -0.394 e. The number of aliphatic hydroxyl groups is 15. The smallest absolute Gasteiger partial charge is 0.220 e. The molecule has 0 aliphatic carbocycles. The van der Waals surface area contributed by atoms with Crippen molar-refractivity contribution in [3.05, 3.63) is 12.2 Å². The van der Waals surface area contributed by atoms with Crippen molar-refractivity contribution in [2.45, 2.75) is 373 Å². The zero-order valence-corrected chi connectivity index (χ0v) is 59.8. The fraction of sp³-hybridized carbons (Fsp3) is 0.929. The molecule has 0 aromatic carbocycles. The van der Waals surface area contributed by atoms with E-state index in [1.165, 1.54) is 109 Å². The van der Waals surface area contributed by atoms with Crippen molar-refractivity contribution in [2.24, 2.45) is 0 Å². The molecule has 5 fully saturated rings. The van der Waals surface area contributed by atoms with Gasteiger partial charge < -0.3 is 140 Å². The van der Waals surface area contributed by atoms with Crippen LogP contribution in [0.15, 0.2) is 12.2 Å². The van der Waals surface area contributed by atoms with Gasteiger partial charge in [0.1, 0.15) is 122 Å². The van der Waals surface area contributed by atoms with E-state index in [4.69, 9.17) is 47.4 Å². The molecule has 5 aliphatic rings. The summed E-state index contributed by atoms with van der Waals surface area (Å²) in [4.78, 5) is 38.4. The van der Waals surface area contributed by atoms with Crippen LogP contribution in [-0.2, 0) is 61.8 Å². The second-order valence-corrected chi connectivity index (χ2v) is 27.8. The van der Waals surface area contributed by atoms with Crippen LogP contribution >= 0.6 is 0 Å². The first kappa shape index (κ1) is 88.8. The molecule has 0 aromatic rings. The van der Waals surface area contributed by atoms with Gasteiger partial charge in [0.2, 0.25) is 17.7 Å². The van der Waals surface area contributed by atoms with Gasteiger partial charge in [-0.1, -0.05) is 180 Å². The standard InChI is InChI=1S/C70H127N3O28/c1-5-7-9-11-13-15-17-19-20-22-24-26-28-30-32-34-50(82)73-43(44(81)33-31-29-27-25-23-21-18-16-14-12-10-8-6-2)40-92-68-59(89)58(88)62(48(38-77)96-68)98-70-61(91)65(63(49(39-78)97-70)99-66-51(71-41(3)79)56(86)53(83)45(35-74)93-66)101-69-60(90)64(55(85)47(37-76)95-69)100-67-52(72-42(4)80)57(87)54(84)46(36-75)94-67/h31,33,43-49,51-70,74-78,81,83-91H,5-30,32,34-40H2,1-4H3,(H,71,79)(H,72,80)(H,73,82)/b33-31+/t43-,44+,45?,46?,47?,48?,49?,51?,52?,53-,54+,55-,56+,57+,58+,59?,60?,61?,62+,63-,64-,65+,66-,67-,68+,69+,70-/m0/s1. The Morgan fingerprint density at radius 2 is 0.743 bits per heavy atom. The number of rotatable bonds is 49. The molecule has 0 spiro atoms. The molecule has 5 rings (SSSR count). The predicted molar refractivity (Wildman–Crippen MR) is 361 cm³/mol. The van der Waals surface area contributed by atoms with Gasteiger partial charge in [-0.2, -0.15) is 0 Å². The summed E-state index contributed by atoms with van der Waals surface area (Å²) in [7, 11) is 0. The zero-order chi connectivity index (χ0) is 74.0. The topological polar surface area (TPSA) is 483 Å². The van der Waals surface area contributed by atoms with E-state index in [2.05, 4.69) is 29.8 Å². The van der Waals surface area contributed by atoms with Crippen molar-refractivity contribution < 1.29 is 138 Å². The predicted octanol–water partition coefficient (Wildman–Crippen LogP) is -0.248. The lowest BCUT2D eigenvalue weighted by atomic mass is 9.94. The summed E-state index contributed by atoms with van der Waals surface area (Å²) < 4.78 is 60.0. The average molecular weight is 1460 g/mol. The Bertz CT molecular complexity index is 2270. The summed E-state index contributed by atoms with van der Waals surface area (Å²) >= 11 is 0. The van der Waals surface area contributed by atoms with Gasteiger partial charge in [0.05, 0.1) is 51.8 Å². The second kappa shape index (κ2) is 48.5. The number of ether oxygens (including phenoxy) is 10. The molecule has 590 valence electrons. The number of unbranched alkanes of at least 4 members (excludes halogenated alkanes) is 25. The zero-order valence-electron chi connectivity index (χ0n) is 59.8. The fourth-order valence-corrected chi connectivity index (χ4v) is 13.6. The molecule has 10 unspecified atom stereocenters. The second-order valence-electron chi connectivity index (χ2n) is 27.8. The largest absolute Gasteiger partial charge is 0.394 e. The Morgan fingerprint density at radius 1 is 0.386 bits per heavy atom. The first-order chi connectivity index (χ1) is 48.6. The van der Waals surface area contributed by atoms with E-state index < -0.39 is 217 Å². The van der Waals surface area contributed by atoms with E-state index in [1.807, 2.05) is 6.08 Å². The number of hydrogen-bond donors (Lipinski definition) is 18. The number of carbonyl (C=O) groups excluding carboxylic acids is 3. The highest BCUT2D eigenvalue weighted by molar-refractivity contribution is 5.76. The third kappa shape index (κ3) is 28.3. The minimum atomic E-state index is -2.31. The van der Waals surface area contributed by atoms with E-state index in [0.29, 0.717) is 12.8 Å². The van der Waals surface area contributed by atoms with Crippen LogP contribution in [0.3, 0.4) is 0 Å². The first-order valence-corrected chi connectivity index (χ1v) is 37.5. The van der Waals surface area contributed by atoms with Crippen LogP contribution in [-0.4, -0.2) is 300 Å². The Labute approximate surface area is 594 Å². The lowest BCUT2D eigenvalue weighted by molar-refractivity contribution is -0.400. The maximum atomic E-state index is 13.6. The van der Waals surface area contributed by atoms with E-state index in [9.17, 15) is 91.0 Å². The highest BCUT2D eigenvalue weighted by Gasteiger charge is 2.58. The summed E-state index contributed by atoms with van der Waals surface area (Å²) in [6.07, 6.45) is -11.0. The summed E-state index contributed by atoms with van der Waals surface area (Å²) in [5.41, 5.74) is 0. The first-order valence-electron chi connectivity index (χ1n) is 37.5. The highest BCUT2D eigenvalue weighted by Crippen LogP contribution is 2.38. The van der Waals surface area contributed by atoms with Gasteiger partial charge >= 0.3 is 0 Å². The van der Waals surface area contributed by atoms with E-state index in [-0.39, 0.29) is 12.3 Å². The summed E-state index contributed by atoms with van der Waals surface area (Å²) in [6, 6.07) is -4.38. The van der Waals surface area contributed by atoms with Crippen LogP contribution in [0, 0.1) is 0 Å². The Kier molecular flexibility index (Phi) is 42.6. The Balaban J connectivity index is 1.32. The molecule has 31 heteroatoms. The van der Waals surface area contributed by atoms with Crippen molar-refractivity contribution in [1.29, 1.82) is 0 Å². The van der Waals surface area contributed by atoms with Gasteiger partial charge in [0, 0.05) is 20.3 Å². The van der Waals surface area contributed by atoms with Crippen molar-refractivity contribution >= 4 is 17.7 Å². The normalized spacial score (nSPS) is 35.3. The maximum absolute atomic E-state index is 13.6. The van der Waals surface area contributed by atoms with Crippen LogP contribution in [0.1, 0.15) is 207 Å². The number of nitrogens with one attached hydrogen (secondary N) is 3.